The second-order valence-electron chi connectivity index (χ2n) is 8.73. The Morgan fingerprint density at radius 2 is 1.77 bits per heavy atom. The zero-order valence-corrected chi connectivity index (χ0v) is 19.8. The number of ether oxygens (including phenoxy) is 3. The molecule has 2 aliphatic heterocycles. The second-order valence-corrected chi connectivity index (χ2v) is 8.73. The first kappa shape index (κ1) is 23.2. The normalized spacial score (nSPS) is 16.9. The van der Waals surface area contributed by atoms with Gasteiger partial charge < -0.3 is 28.4 Å². The highest BCUT2D eigenvalue weighted by Gasteiger charge is 2.28. The number of para-hydroxylation sites is 2. The molecule has 3 heterocycles. The molecule has 0 N–H and O–H groups in total. The third-order valence-corrected chi connectivity index (χ3v) is 6.57. The molecular weight excluding hydrogens is 450 g/mol. The monoisotopic (exact) mass is 479 g/mol. The lowest BCUT2D eigenvalue weighted by atomic mass is 9.96. The van der Waals surface area contributed by atoms with Crippen molar-refractivity contribution < 1.29 is 28.2 Å². The van der Waals surface area contributed by atoms with Gasteiger partial charge in [0.05, 0.1) is 20.3 Å². The molecule has 0 spiro atoms. The van der Waals surface area contributed by atoms with Crippen LogP contribution in [0.1, 0.15) is 35.0 Å². The number of rotatable bonds is 6. The number of nitrogens with zero attached hydrogens (tertiary/aromatic N) is 3. The Balaban J connectivity index is 1.19. The predicted molar refractivity (Wildman–Crippen MR) is 128 cm³/mol. The van der Waals surface area contributed by atoms with Gasteiger partial charge >= 0.3 is 0 Å². The van der Waals surface area contributed by atoms with Crippen LogP contribution < -0.4 is 9.47 Å². The van der Waals surface area contributed by atoms with Gasteiger partial charge in [0.25, 0.3) is 11.8 Å². The fourth-order valence-corrected chi connectivity index (χ4v) is 4.54. The maximum absolute atomic E-state index is 13.2. The van der Waals surface area contributed by atoms with Crippen molar-refractivity contribution in [3.05, 3.63) is 53.9 Å². The van der Waals surface area contributed by atoms with Crippen LogP contribution in [-0.2, 0) is 9.53 Å². The summed E-state index contributed by atoms with van der Waals surface area (Å²) in [5, 5.41) is 0. The van der Waals surface area contributed by atoms with Crippen LogP contribution in [0.4, 0.5) is 0 Å². The number of hydrogen-bond acceptors (Lipinski definition) is 7. The highest BCUT2D eigenvalue weighted by atomic mass is 16.5. The molecule has 0 bridgehead atoms. The number of piperidine rings is 1. The molecule has 2 amide bonds. The lowest BCUT2D eigenvalue weighted by Gasteiger charge is -2.30. The van der Waals surface area contributed by atoms with E-state index in [2.05, 4.69) is 4.98 Å². The van der Waals surface area contributed by atoms with E-state index in [0.717, 1.165) is 29.8 Å². The highest BCUT2D eigenvalue weighted by molar-refractivity contribution is 5.95. The van der Waals surface area contributed by atoms with E-state index in [1.165, 1.54) is 7.11 Å². The molecule has 2 saturated heterocycles. The van der Waals surface area contributed by atoms with Crippen LogP contribution in [0.3, 0.4) is 0 Å². The van der Waals surface area contributed by atoms with Crippen molar-refractivity contribution in [2.45, 2.75) is 18.8 Å². The SMILES string of the molecule is COc1cc(C(=O)N2CCC(c3nc4ccccc4o3)CC2)ccc1OCC(=O)N1CCOCC1. The minimum atomic E-state index is -0.0997. The molecule has 2 aliphatic rings. The Labute approximate surface area is 203 Å². The van der Waals surface area contributed by atoms with Gasteiger partial charge in [0, 0.05) is 37.7 Å². The van der Waals surface area contributed by atoms with Crippen molar-refractivity contribution >= 4 is 22.9 Å². The Kier molecular flexibility index (Phi) is 6.85. The summed E-state index contributed by atoms with van der Waals surface area (Å²) in [7, 11) is 1.52. The second kappa shape index (κ2) is 10.4. The van der Waals surface area contributed by atoms with E-state index in [0.29, 0.717) is 56.5 Å². The zero-order valence-electron chi connectivity index (χ0n) is 19.8. The average Bonchev–Trinajstić information content (AvgIpc) is 3.36. The predicted octanol–water partition coefficient (Wildman–Crippen LogP) is 3.09. The van der Waals surface area contributed by atoms with Gasteiger partial charge in [-0.15, -0.1) is 0 Å². The molecule has 0 aliphatic carbocycles. The van der Waals surface area contributed by atoms with Crippen molar-refractivity contribution in [1.29, 1.82) is 0 Å². The molecule has 184 valence electrons. The topological polar surface area (TPSA) is 94.3 Å². The Morgan fingerprint density at radius 3 is 2.51 bits per heavy atom. The average molecular weight is 480 g/mol. The van der Waals surface area contributed by atoms with E-state index >= 15 is 0 Å². The molecule has 0 atom stereocenters. The van der Waals surface area contributed by atoms with Crippen LogP contribution in [0.25, 0.3) is 11.1 Å². The van der Waals surface area contributed by atoms with Crippen LogP contribution in [0.5, 0.6) is 11.5 Å². The maximum atomic E-state index is 13.2. The molecule has 0 radical (unpaired) electrons. The van der Waals surface area contributed by atoms with Gasteiger partial charge in [-0.25, -0.2) is 4.98 Å². The van der Waals surface area contributed by atoms with Gasteiger partial charge in [0.1, 0.15) is 5.52 Å². The van der Waals surface area contributed by atoms with Gasteiger partial charge in [0.15, 0.2) is 29.6 Å². The number of amides is 2. The summed E-state index contributed by atoms with van der Waals surface area (Å²) in [6.45, 7) is 3.36. The summed E-state index contributed by atoms with van der Waals surface area (Å²) < 4.78 is 22.4. The Bertz CT molecular complexity index is 1160. The smallest absolute Gasteiger partial charge is 0.260 e. The minimum absolute atomic E-state index is 0.0599. The summed E-state index contributed by atoms with van der Waals surface area (Å²) in [5.74, 6) is 1.63. The first-order chi connectivity index (χ1) is 17.1. The number of benzene rings is 2. The maximum Gasteiger partial charge on any atom is 0.260 e. The van der Waals surface area contributed by atoms with Crippen molar-refractivity contribution in [3.8, 4) is 11.5 Å². The van der Waals surface area contributed by atoms with E-state index < -0.39 is 0 Å². The quantitative estimate of drug-likeness (QED) is 0.536. The molecule has 0 unspecified atom stereocenters. The zero-order chi connectivity index (χ0) is 24.2. The van der Waals surface area contributed by atoms with Gasteiger partial charge in [-0.05, 0) is 43.2 Å². The molecule has 2 aromatic carbocycles. The molecule has 9 heteroatoms. The van der Waals surface area contributed by atoms with E-state index in [-0.39, 0.29) is 24.3 Å². The molecular formula is C26H29N3O6. The summed E-state index contributed by atoms with van der Waals surface area (Å²) in [4.78, 5) is 33.7. The van der Waals surface area contributed by atoms with Crippen LogP contribution in [-0.4, -0.2) is 79.7 Å². The summed E-state index contributed by atoms with van der Waals surface area (Å²) in [6, 6.07) is 12.8. The number of morpholine rings is 1. The van der Waals surface area contributed by atoms with E-state index in [1.54, 1.807) is 23.1 Å². The third-order valence-electron chi connectivity index (χ3n) is 6.57. The fourth-order valence-electron chi connectivity index (χ4n) is 4.54. The van der Waals surface area contributed by atoms with Crippen molar-refractivity contribution in [2.24, 2.45) is 0 Å². The van der Waals surface area contributed by atoms with Crippen molar-refractivity contribution in [3.63, 3.8) is 0 Å². The highest BCUT2D eigenvalue weighted by Crippen LogP contribution is 2.32. The largest absolute Gasteiger partial charge is 0.493 e. The number of likely N-dealkylation sites (tertiary alicyclic amines) is 1. The molecule has 5 rings (SSSR count). The van der Waals surface area contributed by atoms with Crippen LogP contribution >= 0.6 is 0 Å². The van der Waals surface area contributed by atoms with Gasteiger partial charge in [-0.1, -0.05) is 12.1 Å². The van der Waals surface area contributed by atoms with Gasteiger partial charge in [-0.2, -0.15) is 0 Å². The molecule has 2 fully saturated rings. The summed E-state index contributed by atoms with van der Waals surface area (Å²) >= 11 is 0. The molecule has 3 aromatic rings. The van der Waals surface area contributed by atoms with Crippen LogP contribution in [0.2, 0.25) is 0 Å². The third kappa shape index (κ3) is 5.09. The van der Waals surface area contributed by atoms with Crippen molar-refractivity contribution in [2.75, 3.05) is 53.1 Å². The Morgan fingerprint density at radius 1 is 1.00 bits per heavy atom. The summed E-state index contributed by atoms with van der Waals surface area (Å²) in [5.41, 5.74) is 2.18. The molecule has 9 nitrogen and oxygen atoms in total. The van der Waals surface area contributed by atoms with Gasteiger partial charge in [-0.3, -0.25) is 9.59 Å². The first-order valence-electron chi connectivity index (χ1n) is 11.9. The minimum Gasteiger partial charge on any atom is -0.493 e. The first-order valence-corrected chi connectivity index (χ1v) is 11.9. The van der Waals surface area contributed by atoms with Crippen LogP contribution in [0.15, 0.2) is 46.9 Å². The molecule has 35 heavy (non-hydrogen) atoms. The fraction of sp³-hybridized carbons (Fsp3) is 0.423. The standard InChI is InChI=1S/C26H29N3O6/c1-32-23-16-19(6-7-22(23)34-17-24(30)28-12-14-33-15-13-28)26(31)29-10-8-18(9-11-29)25-27-20-4-2-3-5-21(20)35-25/h2-7,16,18H,8-15,17H2,1H3. The number of carbonyl (C=O) groups is 2. The summed E-state index contributed by atoms with van der Waals surface area (Å²) in [6.07, 6.45) is 1.58. The number of hydrogen-bond donors (Lipinski definition) is 0. The molecule has 1 aromatic heterocycles. The van der Waals surface area contributed by atoms with Gasteiger partial charge in [0.2, 0.25) is 0 Å². The Hall–Kier alpha value is -3.59. The van der Waals surface area contributed by atoms with E-state index in [9.17, 15) is 9.59 Å². The lowest BCUT2D eigenvalue weighted by Crippen LogP contribution is -2.43. The van der Waals surface area contributed by atoms with E-state index in [1.807, 2.05) is 29.2 Å². The number of methoxy groups -OCH3 is 1. The van der Waals surface area contributed by atoms with Crippen LogP contribution in [0, 0.1) is 0 Å². The number of aromatic nitrogens is 1. The lowest BCUT2D eigenvalue weighted by molar-refractivity contribution is -0.137. The number of carbonyl (C=O) groups excluding carboxylic acids is 2. The van der Waals surface area contributed by atoms with Crippen molar-refractivity contribution in [1.82, 2.24) is 14.8 Å². The number of oxazole rings is 1. The molecule has 0 saturated carbocycles. The van der Waals surface area contributed by atoms with E-state index in [4.69, 9.17) is 18.6 Å². The number of fused-ring (bicyclic) bond motifs is 1.